The molecular formula is C11H16N4O. The van der Waals surface area contributed by atoms with Crippen LogP contribution >= 0.6 is 0 Å². The normalized spacial score (nSPS) is 13.9. The summed E-state index contributed by atoms with van der Waals surface area (Å²) in [5.74, 6) is 0.604. The molecule has 1 aromatic heterocycles. The number of rotatable bonds is 4. The number of aromatic nitrogens is 1. The van der Waals surface area contributed by atoms with Gasteiger partial charge >= 0.3 is 0 Å². The predicted octanol–water partition coefficient (Wildman–Crippen LogP) is 0.382. The third kappa shape index (κ3) is 3.50. The van der Waals surface area contributed by atoms with E-state index in [9.17, 15) is 5.11 Å². The van der Waals surface area contributed by atoms with E-state index in [4.69, 9.17) is 11.0 Å². The zero-order chi connectivity index (χ0) is 12.1. The highest BCUT2D eigenvalue weighted by molar-refractivity contribution is 5.44. The third-order valence-electron chi connectivity index (χ3n) is 2.22. The van der Waals surface area contributed by atoms with Crippen molar-refractivity contribution in [1.29, 1.82) is 5.26 Å². The first-order valence-electron chi connectivity index (χ1n) is 5.09. The van der Waals surface area contributed by atoms with Crippen LogP contribution in [0.4, 0.5) is 5.82 Å². The fourth-order valence-corrected chi connectivity index (χ4v) is 1.22. The number of aliphatic hydroxyl groups excluding tert-OH is 1. The van der Waals surface area contributed by atoms with E-state index >= 15 is 0 Å². The number of hydrogen-bond acceptors (Lipinski definition) is 5. The Labute approximate surface area is 94.9 Å². The van der Waals surface area contributed by atoms with Crippen LogP contribution in [0.2, 0.25) is 0 Å². The molecule has 0 aliphatic heterocycles. The minimum Gasteiger partial charge on any atom is -0.392 e. The Bertz CT molecular complexity index is 397. The molecule has 5 heteroatoms. The highest BCUT2D eigenvalue weighted by Crippen LogP contribution is 2.09. The molecule has 1 heterocycles. The van der Waals surface area contributed by atoms with Gasteiger partial charge in [0.15, 0.2) is 0 Å². The Kier molecular flexibility index (Phi) is 4.23. The van der Waals surface area contributed by atoms with Gasteiger partial charge in [0.05, 0.1) is 17.7 Å². The van der Waals surface area contributed by atoms with Gasteiger partial charge in [0.2, 0.25) is 0 Å². The molecule has 0 aliphatic rings. The largest absolute Gasteiger partial charge is 0.392 e. The third-order valence-corrected chi connectivity index (χ3v) is 2.22. The van der Waals surface area contributed by atoms with Crippen LogP contribution in [-0.4, -0.2) is 28.8 Å². The Morgan fingerprint density at radius 2 is 2.31 bits per heavy atom. The molecule has 1 rings (SSSR count). The first-order valence-corrected chi connectivity index (χ1v) is 5.09. The number of nitrogens with zero attached hydrogens (tertiary/aromatic N) is 2. The van der Waals surface area contributed by atoms with Crippen molar-refractivity contribution in [3.63, 3.8) is 0 Å². The van der Waals surface area contributed by atoms with Crippen LogP contribution in [0.3, 0.4) is 0 Å². The number of aliphatic hydroxyl groups is 1. The summed E-state index contributed by atoms with van der Waals surface area (Å²) in [6.45, 7) is 3.87. The molecule has 0 aliphatic carbocycles. The van der Waals surface area contributed by atoms with Gasteiger partial charge in [-0.1, -0.05) is 0 Å². The Balaban J connectivity index is 2.68. The maximum atomic E-state index is 9.22. The molecule has 0 radical (unpaired) electrons. The fraction of sp³-hybridized carbons (Fsp3) is 0.455. The van der Waals surface area contributed by atoms with E-state index in [1.54, 1.807) is 19.1 Å². The van der Waals surface area contributed by atoms with Gasteiger partial charge in [0.25, 0.3) is 0 Å². The number of nitrogens with two attached hydrogens (primary N) is 1. The van der Waals surface area contributed by atoms with Crippen LogP contribution in [-0.2, 0) is 0 Å². The van der Waals surface area contributed by atoms with E-state index in [0.717, 1.165) is 5.69 Å². The number of pyridine rings is 1. The lowest BCUT2D eigenvalue weighted by Gasteiger charge is -2.15. The lowest BCUT2D eigenvalue weighted by atomic mass is 10.2. The van der Waals surface area contributed by atoms with Gasteiger partial charge in [0.1, 0.15) is 5.82 Å². The van der Waals surface area contributed by atoms with Crippen molar-refractivity contribution in [2.45, 2.75) is 26.0 Å². The molecule has 2 atom stereocenters. The second-order valence-corrected chi connectivity index (χ2v) is 3.78. The van der Waals surface area contributed by atoms with Crippen molar-refractivity contribution < 1.29 is 5.11 Å². The summed E-state index contributed by atoms with van der Waals surface area (Å²) >= 11 is 0. The highest BCUT2D eigenvalue weighted by Gasteiger charge is 2.09. The maximum absolute atomic E-state index is 9.22. The smallest absolute Gasteiger partial charge is 0.127 e. The number of hydrogen-bond donors (Lipinski definition) is 3. The van der Waals surface area contributed by atoms with Gasteiger partial charge < -0.3 is 16.2 Å². The molecule has 4 N–H and O–H groups in total. The minimum absolute atomic E-state index is 0.354. The monoisotopic (exact) mass is 220 g/mol. The highest BCUT2D eigenvalue weighted by atomic mass is 16.3. The van der Waals surface area contributed by atoms with E-state index in [1.165, 1.54) is 0 Å². The summed E-state index contributed by atoms with van der Waals surface area (Å²) in [5.41, 5.74) is 6.99. The van der Waals surface area contributed by atoms with E-state index < -0.39 is 6.10 Å². The van der Waals surface area contributed by atoms with Crippen LogP contribution < -0.4 is 11.1 Å². The zero-order valence-electron chi connectivity index (χ0n) is 9.44. The van der Waals surface area contributed by atoms with Crippen LogP contribution in [0.5, 0.6) is 0 Å². The molecule has 0 aromatic carbocycles. The average Bonchev–Trinajstić information content (AvgIpc) is 2.24. The Morgan fingerprint density at radius 1 is 1.62 bits per heavy atom. The van der Waals surface area contributed by atoms with Crippen LogP contribution in [0.15, 0.2) is 12.1 Å². The molecule has 2 unspecified atom stereocenters. The van der Waals surface area contributed by atoms with Crippen LogP contribution in [0.1, 0.15) is 18.2 Å². The molecule has 5 nitrogen and oxygen atoms in total. The average molecular weight is 220 g/mol. The molecular weight excluding hydrogens is 204 g/mol. The fourth-order valence-electron chi connectivity index (χ4n) is 1.22. The van der Waals surface area contributed by atoms with Crippen molar-refractivity contribution in [2.75, 3.05) is 11.9 Å². The second kappa shape index (κ2) is 5.45. The van der Waals surface area contributed by atoms with Crippen molar-refractivity contribution in [1.82, 2.24) is 4.98 Å². The van der Waals surface area contributed by atoms with Crippen LogP contribution in [0, 0.1) is 18.3 Å². The van der Waals surface area contributed by atoms with E-state index in [0.29, 0.717) is 17.9 Å². The first kappa shape index (κ1) is 12.4. The van der Waals surface area contributed by atoms with Crippen molar-refractivity contribution in [3.05, 3.63) is 23.4 Å². The molecule has 0 saturated carbocycles. The zero-order valence-corrected chi connectivity index (χ0v) is 9.44. The van der Waals surface area contributed by atoms with Gasteiger partial charge in [-0.2, -0.15) is 5.26 Å². The van der Waals surface area contributed by atoms with E-state index in [2.05, 4.69) is 16.4 Å². The summed E-state index contributed by atoms with van der Waals surface area (Å²) in [6, 6.07) is 5.07. The minimum atomic E-state index is -0.576. The summed E-state index contributed by atoms with van der Waals surface area (Å²) in [6.07, 6.45) is -0.576. The molecule has 1 aromatic rings. The van der Waals surface area contributed by atoms with Gasteiger partial charge in [0, 0.05) is 18.3 Å². The van der Waals surface area contributed by atoms with E-state index in [1.807, 2.05) is 6.92 Å². The topological polar surface area (TPSA) is 95.0 Å². The van der Waals surface area contributed by atoms with Crippen molar-refractivity contribution in [2.24, 2.45) is 5.73 Å². The standard InChI is InChI=1S/C11H16N4O/c1-7-3-9(5-12)4-11(15-7)14-6-10(13)8(2)16/h3-4,8,10,16H,6,13H2,1-2H3,(H,14,15). The summed E-state index contributed by atoms with van der Waals surface area (Å²) in [5, 5.41) is 21.0. The van der Waals surface area contributed by atoms with Gasteiger partial charge in [-0.25, -0.2) is 4.98 Å². The predicted molar refractivity (Wildman–Crippen MR) is 61.8 cm³/mol. The first-order chi connectivity index (χ1) is 7.52. The van der Waals surface area contributed by atoms with Gasteiger partial charge in [-0.3, -0.25) is 0 Å². The van der Waals surface area contributed by atoms with Crippen molar-refractivity contribution >= 4 is 5.82 Å². The molecule has 0 fully saturated rings. The van der Waals surface area contributed by atoms with E-state index in [-0.39, 0.29) is 6.04 Å². The molecule has 0 bridgehead atoms. The lowest BCUT2D eigenvalue weighted by molar-refractivity contribution is 0.168. The molecule has 16 heavy (non-hydrogen) atoms. The number of aryl methyl sites for hydroxylation is 1. The Hall–Kier alpha value is -1.64. The SMILES string of the molecule is Cc1cc(C#N)cc(NCC(N)C(C)O)n1. The number of nitriles is 1. The molecule has 0 spiro atoms. The summed E-state index contributed by atoms with van der Waals surface area (Å²) < 4.78 is 0. The quantitative estimate of drug-likeness (QED) is 0.682. The summed E-state index contributed by atoms with van der Waals surface area (Å²) in [4.78, 5) is 4.21. The molecule has 86 valence electrons. The maximum Gasteiger partial charge on any atom is 0.127 e. The van der Waals surface area contributed by atoms with Crippen molar-refractivity contribution in [3.8, 4) is 6.07 Å². The molecule has 0 amide bonds. The summed E-state index contributed by atoms with van der Waals surface area (Å²) in [7, 11) is 0. The van der Waals surface area contributed by atoms with Crippen LogP contribution in [0.25, 0.3) is 0 Å². The number of nitrogens with one attached hydrogen (secondary N) is 1. The number of anilines is 1. The van der Waals surface area contributed by atoms with Gasteiger partial charge in [-0.05, 0) is 26.0 Å². The second-order valence-electron chi connectivity index (χ2n) is 3.78. The Morgan fingerprint density at radius 3 is 2.88 bits per heavy atom. The lowest BCUT2D eigenvalue weighted by Crippen LogP contribution is -2.38. The van der Waals surface area contributed by atoms with Gasteiger partial charge in [-0.15, -0.1) is 0 Å². The molecule has 0 saturated heterocycles.